The molecule has 7 nitrogen and oxygen atoms in total. The highest BCUT2D eigenvalue weighted by Crippen LogP contribution is 2.24. The van der Waals surface area contributed by atoms with Crippen molar-refractivity contribution in [3.8, 4) is 0 Å². The molecule has 2 aliphatic rings. The van der Waals surface area contributed by atoms with Gasteiger partial charge < -0.3 is 9.47 Å². The van der Waals surface area contributed by atoms with Crippen LogP contribution in [-0.4, -0.2) is 50.5 Å². The SMILES string of the molecule is Cc1ccc(S(=O)(=O)N2CCCCC2)cc1C(=O)OC1CCOC1=O. The van der Waals surface area contributed by atoms with Crippen molar-refractivity contribution in [3.63, 3.8) is 0 Å². The molecule has 2 heterocycles. The number of hydrogen-bond acceptors (Lipinski definition) is 6. The molecule has 0 N–H and O–H groups in total. The Hall–Kier alpha value is -1.93. The Morgan fingerprint density at radius 3 is 2.60 bits per heavy atom. The maximum atomic E-state index is 12.8. The van der Waals surface area contributed by atoms with Gasteiger partial charge in [0.05, 0.1) is 17.1 Å². The Balaban J connectivity index is 1.84. The van der Waals surface area contributed by atoms with Crippen molar-refractivity contribution in [2.24, 2.45) is 0 Å². The summed E-state index contributed by atoms with van der Waals surface area (Å²) >= 11 is 0. The molecule has 1 aromatic rings. The summed E-state index contributed by atoms with van der Waals surface area (Å²) < 4.78 is 36.9. The maximum Gasteiger partial charge on any atom is 0.347 e. The zero-order valence-corrected chi connectivity index (χ0v) is 14.9. The zero-order valence-electron chi connectivity index (χ0n) is 14.1. The maximum absolute atomic E-state index is 12.8. The summed E-state index contributed by atoms with van der Waals surface area (Å²) in [6.07, 6.45) is 2.09. The van der Waals surface area contributed by atoms with E-state index in [9.17, 15) is 18.0 Å². The highest BCUT2D eigenvalue weighted by molar-refractivity contribution is 7.89. The molecule has 2 fully saturated rings. The molecule has 0 bridgehead atoms. The molecule has 1 atom stereocenters. The van der Waals surface area contributed by atoms with Crippen molar-refractivity contribution >= 4 is 22.0 Å². The van der Waals surface area contributed by atoms with Gasteiger partial charge in [0.2, 0.25) is 16.1 Å². The average molecular weight is 367 g/mol. The van der Waals surface area contributed by atoms with Gasteiger partial charge in [-0.25, -0.2) is 18.0 Å². The Bertz CT molecular complexity index is 782. The standard InChI is InChI=1S/C17H21NO6S/c1-12-5-6-13(25(21,22)18-8-3-2-4-9-18)11-14(12)16(19)24-15-7-10-23-17(15)20/h5-6,11,15H,2-4,7-10H2,1H3. The van der Waals surface area contributed by atoms with Crippen molar-refractivity contribution in [1.29, 1.82) is 0 Å². The molecule has 0 aromatic heterocycles. The Labute approximate surface area is 147 Å². The monoisotopic (exact) mass is 367 g/mol. The number of cyclic esters (lactones) is 1. The summed E-state index contributed by atoms with van der Waals surface area (Å²) in [6, 6.07) is 4.42. The second-order valence-electron chi connectivity index (χ2n) is 6.29. The molecule has 3 rings (SSSR count). The van der Waals surface area contributed by atoms with E-state index in [0.29, 0.717) is 25.1 Å². The quantitative estimate of drug-likeness (QED) is 0.752. The largest absolute Gasteiger partial charge is 0.463 e. The number of esters is 2. The molecule has 0 spiro atoms. The highest BCUT2D eigenvalue weighted by Gasteiger charge is 2.32. The summed E-state index contributed by atoms with van der Waals surface area (Å²) in [6.45, 7) is 2.90. The lowest BCUT2D eigenvalue weighted by Gasteiger charge is -2.26. The molecule has 0 saturated carbocycles. The minimum absolute atomic E-state index is 0.0703. The van der Waals surface area contributed by atoms with Gasteiger partial charge in [-0.05, 0) is 37.5 Å². The van der Waals surface area contributed by atoms with Crippen LogP contribution in [0.2, 0.25) is 0 Å². The topological polar surface area (TPSA) is 90.0 Å². The fourth-order valence-electron chi connectivity index (χ4n) is 3.01. The molecule has 0 amide bonds. The molecule has 25 heavy (non-hydrogen) atoms. The highest BCUT2D eigenvalue weighted by atomic mass is 32.2. The Morgan fingerprint density at radius 1 is 1.24 bits per heavy atom. The first kappa shape index (κ1) is 17.9. The van der Waals surface area contributed by atoms with E-state index in [1.165, 1.54) is 16.4 Å². The second kappa shape index (κ2) is 7.13. The molecular weight excluding hydrogens is 346 g/mol. The summed E-state index contributed by atoms with van der Waals surface area (Å²) in [7, 11) is -3.64. The Kier molecular flexibility index (Phi) is 5.10. The average Bonchev–Trinajstić information content (AvgIpc) is 3.00. The van der Waals surface area contributed by atoms with Crippen molar-refractivity contribution < 1.29 is 27.5 Å². The second-order valence-corrected chi connectivity index (χ2v) is 8.23. The van der Waals surface area contributed by atoms with Crippen LogP contribution in [0.4, 0.5) is 0 Å². The van der Waals surface area contributed by atoms with Gasteiger partial charge in [-0.15, -0.1) is 0 Å². The molecule has 2 aliphatic heterocycles. The van der Waals surface area contributed by atoms with E-state index in [-0.39, 0.29) is 17.1 Å². The van der Waals surface area contributed by atoms with E-state index in [0.717, 1.165) is 19.3 Å². The number of ether oxygens (including phenoxy) is 2. The lowest BCUT2D eigenvalue weighted by atomic mass is 10.1. The van der Waals surface area contributed by atoms with Crippen molar-refractivity contribution in [3.05, 3.63) is 29.3 Å². The molecule has 0 radical (unpaired) electrons. The van der Waals surface area contributed by atoms with E-state index in [1.54, 1.807) is 13.0 Å². The minimum Gasteiger partial charge on any atom is -0.463 e. The molecule has 0 aliphatic carbocycles. The van der Waals surface area contributed by atoms with Crippen molar-refractivity contribution in [2.45, 2.75) is 43.6 Å². The van der Waals surface area contributed by atoms with Crippen LogP contribution >= 0.6 is 0 Å². The first-order valence-electron chi connectivity index (χ1n) is 8.38. The van der Waals surface area contributed by atoms with Crippen molar-refractivity contribution in [2.75, 3.05) is 19.7 Å². The number of nitrogens with zero attached hydrogens (tertiary/aromatic N) is 1. The fraction of sp³-hybridized carbons (Fsp3) is 0.529. The van der Waals surface area contributed by atoms with Crippen molar-refractivity contribution in [1.82, 2.24) is 4.31 Å². The van der Waals surface area contributed by atoms with Gasteiger partial charge >= 0.3 is 11.9 Å². The first-order valence-corrected chi connectivity index (χ1v) is 9.82. The number of rotatable bonds is 4. The first-order chi connectivity index (χ1) is 11.9. The third kappa shape index (κ3) is 3.69. The van der Waals surface area contributed by atoms with Crippen LogP contribution in [0.25, 0.3) is 0 Å². The molecule has 2 saturated heterocycles. The van der Waals surface area contributed by atoms with E-state index < -0.39 is 28.1 Å². The third-order valence-corrected chi connectivity index (χ3v) is 6.41. The van der Waals surface area contributed by atoms with Crippen LogP contribution in [0.1, 0.15) is 41.6 Å². The number of sulfonamides is 1. The molecule has 8 heteroatoms. The van der Waals surface area contributed by atoms with Gasteiger partial charge in [0, 0.05) is 19.5 Å². The van der Waals surface area contributed by atoms with Gasteiger partial charge in [0.15, 0.2) is 0 Å². The van der Waals surface area contributed by atoms with Crippen LogP contribution in [0.5, 0.6) is 0 Å². The van der Waals surface area contributed by atoms with Crippen LogP contribution in [0, 0.1) is 6.92 Å². The number of benzene rings is 1. The summed E-state index contributed by atoms with van der Waals surface area (Å²) in [5, 5.41) is 0. The number of carbonyl (C=O) groups excluding carboxylic acids is 2. The van der Waals surface area contributed by atoms with E-state index >= 15 is 0 Å². The van der Waals surface area contributed by atoms with Gasteiger partial charge in [0.25, 0.3) is 0 Å². The molecular formula is C17H21NO6S. The van der Waals surface area contributed by atoms with Gasteiger partial charge in [-0.3, -0.25) is 0 Å². The predicted octanol–water partition coefficient (Wildman–Crippen LogP) is 1.64. The normalized spacial score (nSPS) is 21.8. The number of carbonyl (C=O) groups is 2. The zero-order chi connectivity index (χ0) is 18.0. The predicted molar refractivity (Wildman–Crippen MR) is 88.6 cm³/mol. The molecule has 136 valence electrons. The summed E-state index contributed by atoms with van der Waals surface area (Å²) in [4.78, 5) is 23.9. The number of piperidine rings is 1. The van der Waals surface area contributed by atoms with E-state index in [4.69, 9.17) is 9.47 Å². The van der Waals surface area contributed by atoms with Crippen LogP contribution in [0.3, 0.4) is 0 Å². The van der Waals surface area contributed by atoms with Gasteiger partial charge in [-0.1, -0.05) is 12.5 Å². The van der Waals surface area contributed by atoms with Gasteiger partial charge in [0.1, 0.15) is 0 Å². The Morgan fingerprint density at radius 2 is 1.96 bits per heavy atom. The summed E-state index contributed by atoms with van der Waals surface area (Å²) in [5.41, 5.74) is 0.742. The number of hydrogen-bond donors (Lipinski definition) is 0. The van der Waals surface area contributed by atoms with E-state index in [1.807, 2.05) is 0 Å². The summed E-state index contributed by atoms with van der Waals surface area (Å²) in [5.74, 6) is -1.28. The van der Waals surface area contributed by atoms with Crippen LogP contribution in [-0.2, 0) is 24.3 Å². The number of aryl methyl sites for hydroxylation is 1. The van der Waals surface area contributed by atoms with E-state index in [2.05, 4.69) is 0 Å². The lowest BCUT2D eigenvalue weighted by Crippen LogP contribution is -2.35. The third-order valence-electron chi connectivity index (χ3n) is 4.52. The fourth-order valence-corrected chi connectivity index (χ4v) is 4.56. The van der Waals surface area contributed by atoms with Crippen LogP contribution < -0.4 is 0 Å². The molecule has 1 unspecified atom stereocenters. The van der Waals surface area contributed by atoms with Crippen LogP contribution in [0.15, 0.2) is 23.1 Å². The van der Waals surface area contributed by atoms with Gasteiger partial charge in [-0.2, -0.15) is 4.31 Å². The minimum atomic E-state index is -3.64. The lowest BCUT2D eigenvalue weighted by molar-refractivity contribution is -0.145. The smallest absolute Gasteiger partial charge is 0.347 e. The molecule has 1 aromatic carbocycles.